The molecule has 0 aliphatic heterocycles. The van der Waals surface area contributed by atoms with Gasteiger partial charge < -0.3 is 10.5 Å². The number of sulfone groups is 1. The Bertz CT molecular complexity index is 677. The van der Waals surface area contributed by atoms with Gasteiger partial charge in [0.2, 0.25) is 0 Å². The van der Waals surface area contributed by atoms with E-state index in [9.17, 15) is 8.42 Å². The predicted molar refractivity (Wildman–Crippen MR) is 67.6 cm³/mol. The molecule has 6 nitrogen and oxygen atoms in total. The van der Waals surface area contributed by atoms with Gasteiger partial charge in [-0.3, -0.25) is 0 Å². The highest BCUT2D eigenvalue weighted by Gasteiger charge is 2.13. The van der Waals surface area contributed by atoms with Gasteiger partial charge in [0.25, 0.3) is 0 Å². The summed E-state index contributed by atoms with van der Waals surface area (Å²) in [5.74, 6) is 0.518. The number of nitrogens with two attached hydrogens (primary N) is 1. The highest BCUT2D eigenvalue weighted by molar-refractivity contribution is 7.90. The van der Waals surface area contributed by atoms with Crippen LogP contribution in [0.1, 0.15) is 0 Å². The minimum Gasteiger partial charge on any atom is -0.495 e. The zero-order chi connectivity index (χ0) is 13.3. The summed E-state index contributed by atoms with van der Waals surface area (Å²) in [6, 6.07) is 5.21. The van der Waals surface area contributed by atoms with E-state index in [2.05, 4.69) is 5.10 Å². The molecule has 2 N–H and O–H groups in total. The summed E-state index contributed by atoms with van der Waals surface area (Å²) in [5, 5.41) is 3.99. The van der Waals surface area contributed by atoms with Gasteiger partial charge in [-0.25, -0.2) is 13.1 Å². The van der Waals surface area contributed by atoms with E-state index in [4.69, 9.17) is 10.5 Å². The Kier molecular flexibility index (Phi) is 3.00. The number of ether oxygens (including phenoxy) is 1. The van der Waals surface area contributed by atoms with Crippen molar-refractivity contribution >= 4 is 15.5 Å². The van der Waals surface area contributed by atoms with Crippen LogP contribution in [-0.2, 0) is 9.84 Å². The van der Waals surface area contributed by atoms with Crippen LogP contribution in [0.3, 0.4) is 0 Å². The number of hydrogen-bond acceptors (Lipinski definition) is 5. The average molecular weight is 267 g/mol. The van der Waals surface area contributed by atoms with Crippen LogP contribution in [0.25, 0.3) is 5.69 Å². The number of methoxy groups -OCH3 is 1. The summed E-state index contributed by atoms with van der Waals surface area (Å²) in [6.45, 7) is 0. The molecule has 2 aromatic rings. The van der Waals surface area contributed by atoms with E-state index in [0.29, 0.717) is 17.1 Å². The Morgan fingerprint density at radius 1 is 1.39 bits per heavy atom. The molecule has 0 amide bonds. The molecule has 1 heterocycles. The molecule has 0 radical (unpaired) electrons. The normalized spacial score (nSPS) is 11.4. The van der Waals surface area contributed by atoms with E-state index >= 15 is 0 Å². The van der Waals surface area contributed by atoms with Crippen LogP contribution in [0.5, 0.6) is 5.75 Å². The van der Waals surface area contributed by atoms with Crippen LogP contribution in [0, 0.1) is 0 Å². The minimum absolute atomic E-state index is 0.143. The molecule has 0 unspecified atom stereocenters. The first-order valence-corrected chi connectivity index (χ1v) is 7.00. The SMILES string of the molecule is COc1cccc(-n2cc(S(C)(=O)=O)cn2)c1N. The van der Waals surface area contributed by atoms with Crippen LogP contribution >= 0.6 is 0 Å². The Morgan fingerprint density at radius 3 is 2.67 bits per heavy atom. The number of nitrogen functional groups attached to an aromatic ring is 1. The third kappa shape index (κ3) is 2.17. The third-order valence-corrected chi connectivity index (χ3v) is 3.56. The first kappa shape index (κ1) is 12.4. The molecule has 0 spiro atoms. The van der Waals surface area contributed by atoms with Gasteiger partial charge in [0, 0.05) is 12.5 Å². The molecule has 0 bridgehead atoms. The van der Waals surface area contributed by atoms with Gasteiger partial charge in [0.1, 0.15) is 16.3 Å². The van der Waals surface area contributed by atoms with Gasteiger partial charge in [-0.05, 0) is 12.1 Å². The summed E-state index contributed by atoms with van der Waals surface area (Å²) in [7, 11) is -1.76. The second-order valence-corrected chi connectivity index (χ2v) is 5.80. The van der Waals surface area contributed by atoms with Gasteiger partial charge in [-0.1, -0.05) is 6.07 Å². The Morgan fingerprint density at radius 2 is 2.11 bits per heavy atom. The molecule has 0 fully saturated rings. The lowest BCUT2D eigenvalue weighted by Gasteiger charge is -2.09. The summed E-state index contributed by atoms with van der Waals surface area (Å²) in [5.41, 5.74) is 6.89. The molecule has 0 aliphatic carbocycles. The number of aromatic nitrogens is 2. The molecule has 96 valence electrons. The van der Waals surface area contributed by atoms with Crippen molar-refractivity contribution in [3.8, 4) is 11.4 Å². The molecule has 7 heteroatoms. The van der Waals surface area contributed by atoms with Crippen molar-refractivity contribution in [3.05, 3.63) is 30.6 Å². The Balaban J connectivity index is 2.53. The molecule has 1 aromatic carbocycles. The van der Waals surface area contributed by atoms with Gasteiger partial charge in [-0.2, -0.15) is 5.10 Å². The van der Waals surface area contributed by atoms with E-state index < -0.39 is 9.84 Å². The lowest BCUT2D eigenvalue weighted by Crippen LogP contribution is -2.02. The lowest BCUT2D eigenvalue weighted by atomic mass is 10.2. The summed E-state index contributed by atoms with van der Waals surface area (Å²) < 4.78 is 29.3. The Labute approximate surface area is 105 Å². The number of anilines is 1. The molecule has 0 saturated carbocycles. The third-order valence-electron chi connectivity index (χ3n) is 2.50. The standard InChI is InChI=1S/C11H13N3O3S/c1-17-10-5-3-4-9(11(10)12)14-7-8(6-13-14)18(2,15)16/h3-7H,12H2,1-2H3. The number of benzene rings is 1. The van der Waals surface area contributed by atoms with Crippen LogP contribution in [0.15, 0.2) is 35.5 Å². The number of para-hydroxylation sites is 1. The molecule has 0 atom stereocenters. The van der Waals surface area contributed by atoms with Crippen molar-refractivity contribution in [2.75, 3.05) is 19.1 Å². The quantitative estimate of drug-likeness (QED) is 0.834. The molecule has 0 aliphatic rings. The number of nitrogens with zero attached hydrogens (tertiary/aromatic N) is 2. The van der Waals surface area contributed by atoms with E-state index in [1.54, 1.807) is 18.2 Å². The maximum atomic E-state index is 11.4. The van der Waals surface area contributed by atoms with Gasteiger partial charge in [0.15, 0.2) is 9.84 Å². The fourth-order valence-electron chi connectivity index (χ4n) is 1.54. The van der Waals surface area contributed by atoms with E-state index in [0.717, 1.165) is 6.26 Å². The summed E-state index contributed by atoms with van der Waals surface area (Å²) in [6.07, 6.45) is 3.83. The average Bonchev–Trinajstić information content (AvgIpc) is 2.78. The number of rotatable bonds is 3. The second-order valence-electron chi connectivity index (χ2n) is 3.79. The maximum absolute atomic E-state index is 11.4. The van der Waals surface area contributed by atoms with Crippen LogP contribution in [-0.4, -0.2) is 31.6 Å². The zero-order valence-corrected chi connectivity index (χ0v) is 10.8. The van der Waals surface area contributed by atoms with Crippen molar-refractivity contribution in [2.45, 2.75) is 4.90 Å². The molecular formula is C11H13N3O3S. The highest BCUT2D eigenvalue weighted by Crippen LogP contribution is 2.27. The molecule has 18 heavy (non-hydrogen) atoms. The molecule has 1 aromatic heterocycles. The van der Waals surface area contributed by atoms with E-state index in [1.165, 1.54) is 24.2 Å². The largest absolute Gasteiger partial charge is 0.495 e. The zero-order valence-electron chi connectivity index (χ0n) is 9.99. The van der Waals surface area contributed by atoms with Gasteiger partial charge in [0.05, 0.1) is 19.0 Å². The van der Waals surface area contributed by atoms with E-state index in [-0.39, 0.29) is 4.90 Å². The maximum Gasteiger partial charge on any atom is 0.178 e. The highest BCUT2D eigenvalue weighted by atomic mass is 32.2. The number of hydrogen-bond donors (Lipinski definition) is 1. The van der Waals surface area contributed by atoms with Crippen molar-refractivity contribution in [1.29, 1.82) is 0 Å². The first-order chi connectivity index (χ1) is 8.43. The van der Waals surface area contributed by atoms with E-state index in [1.807, 2.05) is 0 Å². The second kappa shape index (κ2) is 4.34. The van der Waals surface area contributed by atoms with Gasteiger partial charge >= 0.3 is 0 Å². The fourth-order valence-corrected chi connectivity index (χ4v) is 2.07. The summed E-state index contributed by atoms with van der Waals surface area (Å²) >= 11 is 0. The van der Waals surface area contributed by atoms with Crippen molar-refractivity contribution < 1.29 is 13.2 Å². The van der Waals surface area contributed by atoms with Crippen LogP contribution in [0.2, 0.25) is 0 Å². The molecule has 2 rings (SSSR count). The monoisotopic (exact) mass is 267 g/mol. The van der Waals surface area contributed by atoms with Crippen molar-refractivity contribution in [1.82, 2.24) is 9.78 Å². The van der Waals surface area contributed by atoms with Crippen LogP contribution < -0.4 is 10.5 Å². The fraction of sp³-hybridized carbons (Fsp3) is 0.182. The Hall–Kier alpha value is -2.02. The topological polar surface area (TPSA) is 87.2 Å². The van der Waals surface area contributed by atoms with Gasteiger partial charge in [-0.15, -0.1) is 0 Å². The molecule has 0 saturated heterocycles. The molecular weight excluding hydrogens is 254 g/mol. The first-order valence-electron chi connectivity index (χ1n) is 5.11. The van der Waals surface area contributed by atoms with Crippen molar-refractivity contribution in [3.63, 3.8) is 0 Å². The minimum atomic E-state index is -3.27. The predicted octanol–water partition coefficient (Wildman–Crippen LogP) is 0.867. The lowest BCUT2D eigenvalue weighted by molar-refractivity contribution is 0.416. The van der Waals surface area contributed by atoms with Crippen molar-refractivity contribution in [2.24, 2.45) is 0 Å². The van der Waals surface area contributed by atoms with Crippen LogP contribution in [0.4, 0.5) is 5.69 Å². The smallest absolute Gasteiger partial charge is 0.178 e. The summed E-state index contributed by atoms with van der Waals surface area (Å²) in [4.78, 5) is 0.143.